The average Bonchev–Trinajstić information content (AvgIpc) is 2.32. The van der Waals surface area contributed by atoms with Gasteiger partial charge in [-0.1, -0.05) is 6.58 Å². The van der Waals surface area contributed by atoms with E-state index in [0.717, 1.165) is 5.20 Å². The maximum atomic E-state index is 5.40. The van der Waals surface area contributed by atoms with Crippen LogP contribution in [0.3, 0.4) is 0 Å². The Morgan fingerprint density at radius 2 is 1.25 bits per heavy atom. The lowest BCUT2D eigenvalue weighted by Crippen LogP contribution is -2.48. The highest BCUT2D eigenvalue weighted by Gasteiger charge is 2.46. The van der Waals surface area contributed by atoms with Gasteiger partial charge in [-0.3, -0.25) is 0 Å². The molecule has 0 aliphatic heterocycles. The van der Waals surface area contributed by atoms with E-state index in [4.69, 9.17) is 22.1 Å². The van der Waals surface area contributed by atoms with Crippen molar-refractivity contribution in [2.75, 3.05) is 35.5 Å². The Labute approximate surface area is 99.9 Å². The highest BCUT2D eigenvalue weighted by Crippen LogP contribution is 2.25. The van der Waals surface area contributed by atoms with Crippen molar-refractivity contribution in [1.82, 2.24) is 0 Å². The lowest BCUT2D eigenvalue weighted by molar-refractivity contribution is 0.133. The van der Waals surface area contributed by atoms with Crippen LogP contribution in [0.25, 0.3) is 0 Å². The maximum absolute atomic E-state index is 5.40. The second-order valence-corrected chi connectivity index (χ2v) is 9.97. The molecule has 0 radical (unpaired) electrons. The minimum absolute atomic E-state index is 0.585. The predicted molar refractivity (Wildman–Crippen MR) is 66.4 cm³/mol. The van der Waals surface area contributed by atoms with Crippen LogP contribution in [0.15, 0.2) is 11.8 Å². The summed E-state index contributed by atoms with van der Waals surface area (Å²) in [7, 11) is 2.94. The van der Waals surface area contributed by atoms with Crippen LogP contribution in [0.1, 0.15) is 0 Å². The van der Waals surface area contributed by atoms with Gasteiger partial charge in [-0.05, 0) is 11.7 Å². The highest BCUT2D eigenvalue weighted by atomic mass is 28.4. The summed E-state index contributed by atoms with van der Waals surface area (Å²) >= 11 is 0. The van der Waals surface area contributed by atoms with Crippen LogP contribution in [0.5, 0.6) is 0 Å². The lowest BCUT2D eigenvalue weighted by Gasteiger charge is -2.30. The molecule has 96 valence electrons. The van der Waals surface area contributed by atoms with Gasteiger partial charge in [-0.15, -0.1) is 0 Å². The molecule has 7 heteroatoms. The van der Waals surface area contributed by atoms with Gasteiger partial charge in [0.25, 0.3) is 0 Å². The van der Waals surface area contributed by atoms with Gasteiger partial charge in [-0.2, -0.15) is 0 Å². The maximum Gasteiger partial charge on any atom is 0.531 e. The second kappa shape index (κ2) is 6.65. The first-order valence-corrected chi connectivity index (χ1v) is 9.12. The third-order valence-electron chi connectivity index (χ3n) is 2.64. The molecule has 0 unspecified atom stereocenters. The van der Waals surface area contributed by atoms with E-state index in [1.54, 1.807) is 35.5 Å². The molecule has 0 aromatic carbocycles. The fraction of sp³-hybridized carbons (Fsp3) is 0.778. The van der Waals surface area contributed by atoms with Crippen molar-refractivity contribution in [2.24, 2.45) is 0 Å². The van der Waals surface area contributed by atoms with Crippen LogP contribution in [0, 0.1) is 0 Å². The van der Waals surface area contributed by atoms with E-state index in [-0.39, 0.29) is 0 Å². The van der Waals surface area contributed by atoms with Gasteiger partial charge in [0.15, 0.2) is 0 Å². The van der Waals surface area contributed by atoms with Crippen molar-refractivity contribution >= 4 is 17.4 Å². The minimum Gasteiger partial charge on any atom is -0.398 e. The van der Waals surface area contributed by atoms with Crippen LogP contribution in [-0.4, -0.2) is 52.9 Å². The molecule has 0 bridgehead atoms. The molecule has 0 fully saturated rings. The molecule has 0 spiro atoms. The largest absolute Gasteiger partial charge is 0.531 e. The molecule has 16 heavy (non-hydrogen) atoms. The van der Waals surface area contributed by atoms with E-state index >= 15 is 0 Å². The van der Waals surface area contributed by atoms with Gasteiger partial charge in [0.2, 0.25) is 0 Å². The Morgan fingerprint density at radius 3 is 1.50 bits per heavy atom. The van der Waals surface area contributed by atoms with Gasteiger partial charge < -0.3 is 22.1 Å². The molecule has 0 aliphatic carbocycles. The van der Waals surface area contributed by atoms with Crippen LogP contribution in [0.4, 0.5) is 0 Å². The molecule has 5 nitrogen and oxygen atoms in total. The molecule has 0 aliphatic rings. The summed E-state index contributed by atoms with van der Waals surface area (Å²) < 4.78 is 26.8. The molecule has 0 saturated heterocycles. The fourth-order valence-electron chi connectivity index (χ4n) is 1.41. The summed E-state index contributed by atoms with van der Waals surface area (Å²) in [5.41, 5.74) is 0. The predicted octanol–water partition coefficient (Wildman–Crippen LogP) is 1.32. The Morgan fingerprint density at radius 1 is 0.875 bits per heavy atom. The summed E-state index contributed by atoms with van der Waals surface area (Å²) in [4.78, 5) is 0. The van der Waals surface area contributed by atoms with E-state index in [1.165, 1.54) is 0 Å². The quantitative estimate of drug-likeness (QED) is 0.620. The van der Waals surface area contributed by atoms with Gasteiger partial charge in [-0.25, -0.2) is 0 Å². The molecule has 0 heterocycles. The molecule has 0 aromatic rings. The Bertz CT molecular complexity index is 218. The number of allylic oxidation sites excluding steroid dienone is 1. The highest BCUT2D eigenvalue weighted by molar-refractivity contribution is 6.74. The number of hydrogen-bond acceptors (Lipinski definition) is 5. The topological polar surface area (TPSA) is 46.2 Å². The van der Waals surface area contributed by atoms with Crippen molar-refractivity contribution in [3.63, 3.8) is 0 Å². The summed E-state index contributed by atoms with van der Waals surface area (Å²) in [6.07, 6.45) is 0. The third-order valence-corrected chi connectivity index (χ3v) is 8.44. The Hall–Kier alpha value is -0.0262. The lowest BCUT2D eigenvalue weighted by atomic mass is 10.7. The normalized spacial score (nSPS) is 12.9. The Balaban J connectivity index is 4.78. The van der Waals surface area contributed by atoms with E-state index in [1.807, 2.05) is 6.55 Å². The van der Waals surface area contributed by atoms with E-state index in [2.05, 4.69) is 6.58 Å². The standard InChI is InChI=1S/C9H22O5Si2/c1-9(8-15(7,10-2)11-3)16(12-4,13-5)14-6/h1,8H2,2-7H3. The van der Waals surface area contributed by atoms with E-state index < -0.39 is 17.4 Å². The van der Waals surface area contributed by atoms with Crippen LogP contribution >= 0.6 is 0 Å². The van der Waals surface area contributed by atoms with Crippen molar-refractivity contribution in [3.05, 3.63) is 11.8 Å². The zero-order valence-corrected chi connectivity index (χ0v) is 13.0. The average molecular weight is 266 g/mol. The first-order chi connectivity index (χ1) is 7.43. The molecule has 0 N–H and O–H groups in total. The van der Waals surface area contributed by atoms with Crippen molar-refractivity contribution in [3.8, 4) is 0 Å². The SMILES string of the molecule is C=C(C[Si](C)(OC)OC)[Si](OC)(OC)OC. The van der Waals surface area contributed by atoms with Gasteiger partial charge in [0.05, 0.1) is 0 Å². The van der Waals surface area contributed by atoms with Crippen molar-refractivity contribution < 1.29 is 22.1 Å². The van der Waals surface area contributed by atoms with Crippen LogP contribution in [0.2, 0.25) is 12.6 Å². The van der Waals surface area contributed by atoms with Crippen molar-refractivity contribution in [1.29, 1.82) is 0 Å². The summed E-state index contributed by atoms with van der Waals surface area (Å²) in [5, 5.41) is 0.776. The number of rotatable bonds is 8. The van der Waals surface area contributed by atoms with Crippen LogP contribution < -0.4 is 0 Å². The van der Waals surface area contributed by atoms with Crippen molar-refractivity contribution in [2.45, 2.75) is 12.6 Å². The Kier molecular flexibility index (Phi) is 6.64. The van der Waals surface area contributed by atoms with Gasteiger partial charge >= 0.3 is 17.4 Å². The zero-order chi connectivity index (χ0) is 12.8. The third kappa shape index (κ3) is 3.49. The summed E-state index contributed by atoms with van der Waals surface area (Å²) in [6.45, 7) is 5.94. The minimum atomic E-state index is -2.78. The summed E-state index contributed by atoms with van der Waals surface area (Å²) in [5.74, 6) is 0. The first kappa shape index (κ1) is 16.0. The smallest absolute Gasteiger partial charge is 0.398 e. The molecule has 0 rings (SSSR count). The molecule has 0 aromatic heterocycles. The van der Waals surface area contributed by atoms with E-state index in [0.29, 0.717) is 6.04 Å². The first-order valence-electron chi connectivity index (χ1n) is 4.87. The van der Waals surface area contributed by atoms with Gasteiger partial charge in [0, 0.05) is 41.6 Å². The zero-order valence-electron chi connectivity index (χ0n) is 11.0. The molecule has 0 amide bonds. The molecular weight excluding hydrogens is 244 g/mol. The van der Waals surface area contributed by atoms with Gasteiger partial charge in [0.1, 0.15) is 0 Å². The van der Waals surface area contributed by atoms with E-state index in [9.17, 15) is 0 Å². The fourth-order valence-corrected chi connectivity index (χ4v) is 5.83. The molecular formula is C9H22O5Si2. The number of hydrogen-bond donors (Lipinski definition) is 0. The summed E-state index contributed by atoms with van der Waals surface area (Å²) in [6, 6.07) is 0.585. The second-order valence-electron chi connectivity index (χ2n) is 3.49. The van der Waals surface area contributed by atoms with Crippen LogP contribution in [-0.2, 0) is 22.1 Å². The molecule has 0 saturated carbocycles. The molecule has 0 atom stereocenters. The monoisotopic (exact) mass is 266 g/mol.